The molecule has 13 rings (SSSR count). The molecule has 0 radical (unpaired) electrons. The van der Waals surface area contributed by atoms with E-state index in [2.05, 4.69) is 61.9 Å². The van der Waals surface area contributed by atoms with E-state index in [1.54, 1.807) is 30.3 Å². The first-order valence-corrected chi connectivity index (χ1v) is 31.6. The summed E-state index contributed by atoms with van der Waals surface area (Å²) in [7, 11) is 0. The van der Waals surface area contributed by atoms with Crippen molar-refractivity contribution in [2.45, 2.75) is 118 Å². The molecule has 0 saturated heterocycles. The van der Waals surface area contributed by atoms with Crippen molar-refractivity contribution in [2.24, 2.45) is 17.2 Å². The Morgan fingerprint density at radius 1 is 0.446 bits per heavy atom. The Bertz CT molecular complexity index is 4740. The van der Waals surface area contributed by atoms with E-state index in [9.17, 15) is 20.1 Å². The molecule has 0 aliphatic carbocycles. The van der Waals surface area contributed by atoms with Gasteiger partial charge in [0, 0.05) is 96.9 Å². The summed E-state index contributed by atoms with van der Waals surface area (Å²) in [5, 5.41) is 36.1. The summed E-state index contributed by atoms with van der Waals surface area (Å²) in [5.74, 6) is 4.74. The molecule has 0 atom stereocenters. The van der Waals surface area contributed by atoms with Crippen molar-refractivity contribution in [3.8, 4) is 17.2 Å². The van der Waals surface area contributed by atoms with Crippen LogP contribution in [0.2, 0.25) is 0 Å². The molecule has 0 spiro atoms. The molecule has 13 aromatic rings. The number of anilines is 3. The van der Waals surface area contributed by atoms with E-state index in [1.165, 1.54) is 0 Å². The predicted molar refractivity (Wildman–Crippen MR) is 369 cm³/mol. The largest absolute Gasteiger partial charge is 0.508 e. The molecule has 0 bridgehead atoms. The number of aromatic hydroxyl groups is 3. The lowest BCUT2D eigenvalue weighted by molar-refractivity contribution is 0.102. The van der Waals surface area contributed by atoms with Crippen LogP contribution in [0.15, 0.2) is 158 Å². The number of hydrogen-bond acceptors (Lipinski definition) is 15. The minimum Gasteiger partial charge on any atom is -0.508 e. The van der Waals surface area contributed by atoms with Crippen molar-refractivity contribution >= 4 is 89.2 Å². The lowest BCUT2D eigenvalue weighted by atomic mass is 10.0. The van der Waals surface area contributed by atoms with Crippen LogP contribution in [0.3, 0.4) is 0 Å². The van der Waals surface area contributed by atoms with Crippen LogP contribution in [0.4, 0.5) is 17.5 Å². The van der Waals surface area contributed by atoms with Crippen LogP contribution in [0.5, 0.6) is 17.2 Å². The summed E-state index contributed by atoms with van der Waals surface area (Å²) in [6, 6.07) is 49.8. The number of hydrogen-bond donors (Lipinski definition) is 9. The summed E-state index contributed by atoms with van der Waals surface area (Å²) >= 11 is 0. The Morgan fingerprint density at radius 2 is 0.848 bits per heavy atom. The molecule has 92 heavy (non-hydrogen) atoms. The summed E-state index contributed by atoms with van der Waals surface area (Å²) in [5.41, 5.74) is 43.5. The maximum atomic E-state index is 13.0. The second-order valence-corrected chi connectivity index (χ2v) is 23.1. The Morgan fingerprint density at radius 3 is 1.33 bits per heavy atom. The van der Waals surface area contributed by atoms with E-state index in [1.807, 2.05) is 115 Å². The van der Waals surface area contributed by atoms with Crippen LogP contribution >= 0.6 is 0 Å². The average Bonchev–Trinajstić information content (AvgIpc) is 1.61. The van der Waals surface area contributed by atoms with Gasteiger partial charge >= 0.3 is 0 Å². The highest BCUT2D eigenvalue weighted by Gasteiger charge is 2.23. The fraction of sp³-hybridized carbons (Fsp3) is 0.247. The molecule has 0 aliphatic heterocycles. The van der Waals surface area contributed by atoms with Gasteiger partial charge in [-0.15, -0.1) is 0 Å². The number of nitrogens with zero attached hydrogens (tertiary/aromatic N) is 9. The maximum absolute atomic E-state index is 13.0. The predicted octanol–water partition coefficient (Wildman–Crippen LogP) is 12.8. The SMILES string of the molecule is CCCCc1nc2c(N)nc3ccccc3c2n1Cc1cc(CN)c(O)c(CN)c1.CCCCc1nc2c(N)nc3ccccc3c2n1Cc1ccc(O)c(CN)c1.CCCCc1nc2c(NC(=O)c3ccccc3)nc3ccccc3c2n1Cc1ccc(O)cc1. The summed E-state index contributed by atoms with van der Waals surface area (Å²) < 4.78 is 6.68. The first kappa shape index (κ1) is 63.1. The zero-order valence-electron chi connectivity index (χ0n) is 52.3. The number of amides is 1. The van der Waals surface area contributed by atoms with Gasteiger partial charge < -0.3 is 63.0 Å². The van der Waals surface area contributed by atoms with Crippen molar-refractivity contribution in [3.63, 3.8) is 0 Å². The number of benzene rings is 7. The number of pyridine rings is 3. The summed E-state index contributed by atoms with van der Waals surface area (Å²) in [6.07, 6.45) is 8.87. The van der Waals surface area contributed by atoms with E-state index in [0.29, 0.717) is 65.8 Å². The number of carbonyl (C=O) groups excluding carboxylic acids is 1. The van der Waals surface area contributed by atoms with Gasteiger partial charge in [0.05, 0.1) is 33.1 Å². The van der Waals surface area contributed by atoms with Crippen LogP contribution in [0, 0.1) is 0 Å². The van der Waals surface area contributed by atoms with Crippen molar-refractivity contribution in [3.05, 3.63) is 214 Å². The standard InChI is InChI=1S/C28H26N4O2.C23H28N6O.C22H25N5O/c1-2-3-13-24-30-25-26(32(24)18-19-14-16-21(33)17-15-19)22-11-7-8-12-23(22)29-27(25)31-28(34)20-9-5-4-6-10-20;1-2-3-8-19-28-20-21(17-6-4-5-7-18(17)27-23(20)26)29(19)13-14-9-15(11-24)22(30)16(10-14)12-25;1-2-3-8-19-26-20-21(16-6-4-5-7-17(16)25-22(20)24)27(19)13-14-9-10-18(28)15(11-14)12-23/h4-12,14-17,33H,2-3,13,18H2,1H3,(H,29,31,34);4-7,9-10,30H,2-3,8,11-13,24-25H2,1H3,(H2,26,27);4-7,9-11,28H,2-3,8,12-13,23H2,1H3,(H2,24,25). The van der Waals surface area contributed by atoms with Gasteiger partial charge in [0.15, 0.2) is 17.5 Å². The van der Waals surface area contributed by atoms with E-state index < -0.39 is 0 Å². The first-order chi connectivity index (χ1) is 44.8. The third-order valence-corrected chi connectivity index (χ3v) is 16.7. The fourth-order valence-corrected chi connectivity index (χ4v) is 11.9. The van der Waals surface area contributed by atoms with Crippen molar-refractivity contribution in [2.75, 3.05) is 16.8 Å². The second kappa shape index (κ2) is 28.6. The number of nitrogens with two attached hydrogens (primary N) is 5. The number of phenols is 3. The number of aromatic nitrogens is 9. The topological polar surface area (TPSA) is 312 Å². The number of carbonyl (C=O) groups is 1. The molecule has 14 N–H and O–H groups in total. The third kappa shape index (κ3) is 13.4. The van der Waals surface area contributed by atoms with Gasteiger partial charge in [-0.05, 0) is 103 Å². The second-order valence-electron chi connectivity index (χ2n) is 23.1. The van der Waals surface area contributed by atoms with Crippen molar-refractivity contribution < 1.29 is 20.1 Å². The highest BCUT2D eigenvalue weighted by atomic mass is 16.3. The Hall–Kier alpha value is -10.5. The van der Waals surface area contributed by atoms with Gasteiger partial charge in [-0.2, -0.15) is 0 Å². The normalized spacial score (nSPS) is 11.4. The highest BCUT2D eigenvalue weighted by molar-refractivity contribution is 6.13. The molecule has 0 unspecified atom stereocenters. The number of unbranched alkanes of at least 4 members (excludes halogenated alkanes) is 3. The molecule has 6 aromatic heterocycles. The Kier molecular flexibility index (Phi) is 19.6. The fourth-order valence-electron chi connectivity index (χ4n) is 11.9. The maximum Gasteiger partial charge on any atom is 0.256 e. The van der Waals surface area contributed by atoms with Crippen LogP contribution in [0.25, 0.3) is 65.8 Å². The van der Waals surface area contributed by atoms with Crippen LogP contribution in [0.1, 0.15) is 121 Å². The molecule has 6 heterocycles. The van der Waals surface area contributed by atoms with E-state index in [0.717, 1.165) is 158 Å². The molecule has 470 valence electrons. The molecule has 0 saturated carbocycles. The zero-order chi connectivity index (χ0) is 64.4. The van der Waals surface area contributed by atoms with Gasteiger partial charge in [-0.1, -0.05) is 131 Å². The van der Waals surface area contributed by atoms with Crippen molar-refractivity contribution in [1.82, 2.24) is 43.6 Å². The zero-order valence-corrected chi connectivity index (χ0v) is 52.3. The molecule has 0 aliphatic rings. The smallest absolute Gasteiger partial charge is 0.256 e. The lowest BCUT2D eigenvalue weighted by Gasteiger charge is -2.14. The van der Waals surface area contributed by atoms with Gasteiger partial charge in [0.1, 0.15) is 51.3 Å². The molecular formula is C73H79N15O4. The molecular weight excluding hydrogens is 1150 g/mol. The Labute approximate surface area is 533 Å². The molecule has 19 nitrogen and oxygen atoms in total. The van der Waals surface area contributed by atoms with Crippen LogP contribution < -0.4 is 34.0 Å². The number of imidazole rings is 3. The van der Waals surface area contributed by atoms with Gasteiger partial charge in [0.25, 0.3) is 5.91 Å². The summed E-state index contributed by atoms with van der Waals surface area (Å²) in [4.78, 5) is 41.6. The third-order valence-electron chi connectivity index (χ3n) is 16.7. The number of nitrogens with one attached hydrogen (secondary N) is 1. The highest BCUT2D eigenvalue weighted by Crippen LogP contribution is 2.35. The number of fused-ring (bicyclic) bond motifs is 9. The van der Waals surface area contributed by atoms with Crippen molar-refractivity contribution in [1.29, 1.82) is 0 Å². The number of phenolic OH excluding ortho intramolecular Hbond substituents is 3. The van der Waals surface area contributed by atoms with Gasteiger partial charge in [-0.3, -0.25) is 4.79 Å². The Balaban J connectivity index is 0.000000142. The molecule has 1 amide bonds. The van der Waals surface area contributed by atoms with Crippen LogP contribution in [-0.4, -0.2) is 64.8 Å². The van der Waals surface area contributed by atoms with Gasteiger partial charge in [0.2, 0.25) is 0 Å². The summed E-state index contributed by atoms with van der Waals surface area (Å²) in [6.45, 7) is 9.13. The number of para-hydroxylation sites is 3. The quantitative estimate of drug-likeness (QED) is 0.0343. The minimum atomic E-state index is -0.215. The van der Waals surface area contributed by atoms with E-state index in [-0.39, 0.29) is 36.2 Å². The minimum absolute atomic E-state index is 0.185. The molecule has 7 aromatic carbocycles. The molecule has 0 fully saturated rings. The molecule has 19 heteroatoms. The average molecular weight is 1230 g/mol. The number of nitrogen functional groups attached to an aromatic ring is 2. The van der Waals surface area contributed by atoms with Crippen LogP contribution in [-0.2, 0) is 58.5 Å². The van der Waals surface area contributed by atoms with E-state index >= 15 is 0 Å². The lowest BCUT2D eigenvalue weighted by Crippen LogP contribution is -2.13. The van der Waals surface area contributed by atoms with Gasteiger partial charge in [-0.25, -0.2) is 29.9 Å². The van der Waals surface area contributed by atoms with E-state index in [4.69, 9.17) is 48.6 Å². The number of rotatable bonds is 20. The number of aryl methyl sites for hydroxylation is 3. The monoisotopic (exact) mass is 1230 g/mol. The first-order valence-electron chi connectivity index (χ1n) is 31.6.